The largest absolute Gasteiger partial charge is 0.346 e. The molecule has 1 heterocycles. The van der Waals surface area contributed by atoms with E-state index in [9.17, 15) is 13.2 Å². The van der Waals surface area contributed by atoms with Gasteiger partial charge in [-0.2, -0.15) is 0 Å². The molecule has 0 aliphatic rings. The zero-order chi connectivity index (χ0) is 20.1. The summed E-state index contributed by atoms with van der Waals surface area (Å²) in [5.74, 6) is -0.366. The van der Waals surface area contributed by atoms with Crippen molar-refractivity contribution < 1.29 is 13.2 Å². The van der Waals surface area contributed by atoms with Gasteiger partial charge in [0.2, 0.25) is 0 Å². The highest BCUT2D eigenvalue weighted by atomic mass is 32.2. The zero-order valence-corrected chi connectivity index (χ0v) is 16.5. The molecule has 7 heteroatoms. The van der Waals surface area contributed by atoms with Crippen molar-refractivity contribution in [2.45, 2.75) is 25.3 Å². The number of nitrogens with zero attached hydrogens (tertiary/aromatic N) is 1. The summed E-state index contributed by atoms with van der Waals surface area (Å²) in [7, 11) is -3.82. The zero-order valence-electron chi connectivity index (χ0n) is 15.6. The number of amides is 1. The first-order chi connectivity index (χ1) is 13.4. The van der Waals surface area contributed by atoms with Crippen molar-refractivity contribution in [3.05, 3.63) is 89.2 Å². The lowest BCUT2D eigenvalue weighted by atomic mass is 10.1. The molecule has 0 atom stereocenters. The smallest absolute Gasteiger partial charge is 0.261 e. The normalized spacial score (nSPS) is 11.1. The summed E-state index contributed by atoms with van der Waals surface area (Å²) >= 11 is 0. The minimum absolute atomic E-state index is 0.0268. The second-order valence-corrected chi connectivity index (χ2v) is 8.07. The van der Waals surface area contributed by atoms with Crippen molar-refractivity contribution in [2.75, 3.05) is 4.72 Å². The molecule has 3 rings (SSSR count). The van der Waals surface area contributed by atoms with Crippen LogP contribution in [0.5, 0.6) is 0 Å². The number of aromatic nitrogens is 1. The maximum Gasteiger partial charge on any atom is 0.261 e. The van der Waals surface area contributed by atoms with Crippen molar-refractivity contribution in [2.24, 2.45) is 0 Å². The number of sulfonamides is 1. The predicted molar refractivity (Wildman–Crippen MR) is 109 cm³/mol. The number of rotatable bonds is 6. The van der Waals surface area contributed by atoms with Gasteiger partial charge < -0.3 is 5.32 Å². The van der Waals surface area contributed by atoms with Gasteiger partial charge in [-0.1, -0.05) is 24.3 Å². The van der Waals surface area contributed by atoms with Crippen LogP contribution in [0.2, 0.25) is 0 Å². The molecule has 144 valence electrons. The van der Waals surface area contributed by atoms with Gasteiger partial charge in [0.1, 0.15) is 0 Å². The van der Waals surface area contributed by atoms with Gasteiger partial charge in [-0.3, -0.25) is 14.5 Å². The van der Waals surface area contributed by atoms with Crippen LogP contribution in [0.15, 0.2) is 71.8 Å². The van der Waals surface area contributed by atoms with Crippen molar-refractivity contribution in [3.63, 3.8) is 0 Å². The fraction of sp³-hybridized carbons (Fsp3) is 0.143. The molecule has 3 aromatic rings. The van der Waals surface area contributed by atoms with Crippen LogP contribution in [0.1, 0.15) is 27.2 Å². The van der Waals surface area contributed by atoms with Crippen LogP contribution in [-0.4, -0.2) is 19.3 Å². The standard InChI is InChI=1S/C21H21N3O3S/c1-15-7-5-11-20(16(15)2)24-28(26,27)19-10-6-8-17(13-19)21(25)23-14-18-9-3-4-12-22-18/h3-13,24H,14H2,1-2H3,(H,23,25). The van der Waals surface area contributed by atoms with Crippen molar-refractivity contribution in [1.82, 2.24) is 10.3 Å². The van der Waals surface area contributed by atoms with Gasteiger partial charge in [-0.15, -0.1) is 0 Å². The molecule has 1 amide bonds. The number of anilines is 1. The highest BCUT2D eigenvalue weighted by Gasteiger charge is 2.17. The first-order valence-electron chi connectivity index (χ1n) is 8.74. The first-order valence-corrected chi connectivity index (χ1v) is 10.2. The first kappa shape index (κ1) is 19.6. The highest BCUT2D eigenvalue weighted by Crippen LogP contribution is 2.22. The highest BCUT2D eigenvalue weighted by molar-refractivity contribution is 7.92. The number of pyridine rings is 1. The quantitative estimate of drug-likeness (QED) is 0.669. The lowest BCUT2D eigenvalue weighted by Gasteiger charge is -2.13. The van der Waals surface area contributed by atoms with Crippen LogP contribution in [0.3, 0.4) is 0 Å². The summed E-state index contributed by atoms with van der Waals surface area (Å²) < 4.78 is 28.1. The third-order valence-electron chi connectivity index (χ3n) is 4.41. The molecule has 0 aliphatic heterocycles. The fourth-order valence-corrected chi connectivity index (χ4v) is 3.81. The molecular weight excluding hydrogens is 374 g/mol. The minimum atomic E-state index is -3.82. The summed E-state index contributed by atoms with van der Waals surface area (Å²) in [5, 5.41) is 2.74. The Bertz CT molecular complexity index is 1100. The van der Waals surface area contributed by atoms with Crippen LogP contribution >= 0.6 is 0 Å². The number of benzene rings is 2. The molecule has 0 radical (unpaired) electrons. The maximum absolute atomic E-state index is 12.8. The molecule has 0 spiro atoms. The number of carbonyl (C=O) groups excluding carboxylic acids is 1. The molecule has 0 bridgehead atoms. The molecule has 0 fully saturated rings. The Morgan fingerprint density at radius 2 is 1.79 bits per heavy atom. The summed E-state index contributed by atoms with van der Waals surface area (Å²) in [6, 6.07) is 16.8. The Hall–Kier alpha value is -3.19. The van der Waals surface area contributed by atoms with E-state index in [0.29, 0.717) is 5.69 Å². The van der Waals surface area contributed by atoms with E-state index < -0.39 is 10.0 Å². The topological polar surface area (TPSA) is 88.2 Å². The van der Waals surface area contributed by atoms with Crippen LogP contribution in [0.4, 0.5) is 5.69 Å². The molecule has 2 N–H and O–H groups in total. The Morgan fingerprint density at radius 3 is 2.54 bits per heavy atom. The fourth-order valence-electron chi connectivity index (χ4n) is 2.65. The number of hydrogen-bond donors (Lipinski definition) is 2. The average Bonchev–Trinajstić information content (AvgIpc) is 2.70. The molecule has 0 saturated heterocycles. The number of nitrogens with one attached hydrogen (secondary N) is 2. The van der Waals surface area contributed by atoms with E-state index in [2.05, 4.69) is 15.0 Å². The second kappa shape index (κ2) is 8.22. The van der Waals surface area contributed by atoms with Gasteiger partial charge in [0.15, 0.2) is 0 Å². The monoisotopic (exact) mass is 395 g/mol. The maximum atomic E-state index is 12.8. The summed E-state index contributed by atoms with van der Waals surface area (Å²) in [4.78, 5) is 16.6. The molecular formula is C21H21N3O3S. The molecule has 0 unspecified atom stereocenters. The average molecular weight is 395 g/mol. The second-order valence-electron chi connectivity index (χ2n) is 6.38. The van der Waals surface area contributed by atoms with Gasteiger partial charge in [0.05, 0.1) is 22.8 Å². The van der Waals surface area contributed by atoms with Crippen LogP contribution in [0, 0.1) is 13.8 Å². The molecule has 6 nitrogen and oxygen atoms in total. The van der Waals surface area contributed by atoms with Crippen LogP contribution < -0.4 is 10.0 Å². The molecule has 0 aliphatic carbocycles. The predicted octanol–water partition coefficient (Wildman–Crippen LogP) is 3.43. The van der Waals surface area contributed by atoms with Crippen molar-refractivity contribution >= 4 is 21.6 Å². The van der Waals surface area contributed by atoms with E-state index in [1.807, 2.05) is 26.0 Å². The lowest BCUT2D eigenvalue weighted by Crippen LogP contribution is -2.23. The Kier molecular flexibility index (Phi) is 5.75. The van der Waals surface area contributed by atoms with E-state index in [1.54, 1.807) is 42.6 Å². The van der Waals surface area contributed by atoms with E-state index >= 15 is 0 Å². The van der Waals surface area contributed by atoms with Gasteiger partial charge in [0.25, 0.3) is 15.9 Å². The van der Waals surface area contributed by atoms with Gasteiger partial charge in [-0.05, 0) is 61.4 Å². The molecule has 1 aromatic heterocycles. The molecule has 0 saturated carbocycles. The van der Waals surface area contributed by atoms with Gasteiger partial charge >= 0.3 is 0 Å². The van der Waals surface area contributed by atoms with Gasteiger partial charge in [-0.25, -0.2) is 8.42 Å². The van der Waals surface area contributed by atoms with E-state index in [0.717, 1.165) is 16.8 Å². The third-order valence-corrected chi connectivity index (χ3v) is 5.77. The number of hydrogen-bond acceptors (Lipinski definition) is 4. The summed E-state index contributed by atoms with van der Waals surface area (Å²) in [6.45, 7) is 4.03. The molecule has 28 heavy (non-hydrogen) atoms. The van der Waals surface area contributed by atoms with Gasteiger partial charge in [0, 0.05) is 11.8 Å². The van der Waals surface area contributed by atoms with E-state index in [1.165, 1.54) is 12.1 Å². The summed E-state index contributed by atoms with van der Waals surface area (Å²) in [6.07, 6.45) is 1.65. The Labute approximate surface area is 164 Å². The van der Waals surface area contributed by atoms with Crippen molar-refractivity contribution in [1.29, 1.82) is 0 Å². The van der Waals surface area contributed by atoms with E-state index in [-0.39, 0.29) is 22.9 Å². The third kappa shape index (κ3) is 4.55. The van der Waals surface area contributed by atoms with Crippen LogP contribution in [0.25, 0.3) is 0 Å². The van der Waals surface area contributed by atoms with Crippen molar-refractivity contribution in [3.8, 4) is 0 Å². The van der Waals surface area contributed by atoms with E-state index in [4.69, 9.17) is 0 Å². The summed E-state index contributed by atoms with van der Waals surface area (Å²) in [5.41, 5.74) is 3.35. The lowest BCUT2D eigenvalue weighted by molar-refractivity contribution is 0.0950. The number of aryl methyl sites for hydroxylation is 1. The van der Waals surface area contributed by atoms with Crippen LogP contribution in [-0.2, 0) is 16.6 Å². The SMILES string of the molecule is Cc1cccc(NS(=O)(=O)c2cccc(C(=O)NCc3ccccn3)c2)c1C. The number of carbonyl (C=O) groups is 1. The molecule has 2 aromatic carbocycles. The Balaban J connectivity index is 1.78. The Morgan fingerprint density at radius 1 is 1.00 bits per heavy atom. The minimum Gasteiger partial charge on any atom is -0.346 e.